The van der Waals surface area contributed by atoms with Crippen molar-refractivity contribution in [2.45, 2.75) is 11.3 Å². The van der Waals surface area contributed by atoms with Crippen molar-refractivity contribution in [2.24, 2.45) is 0 Å². The van der Waals surface area contributed by atoms with E-state index in [2.05, 4.69) is 0 Å². The van der Waals surface area contributed by atoms with Crippen molar-refractivity contribution < 1.29 is 24.2 Å². The van der Waals surface area contributed by atoms with Gasteiger partial charge in [0.15, 0.2) is 11.5 Å². The van der Waals surface area contributed by atoms with Crippen molar-refractivity contribution in [2.75, 3.05) is 33.6 Å². The standard InChI is InChI=1S/C14H19NO5S/c1-15(9-14(17)18)13(16)6-7-21-10-4-5-11(19-2)12(8-10)20-3/h4-5,8H,6-7,9H2,1-3H3,(H,17,18). The molecule has 0 aliphatic rings. The number of benzene rings is 1. The minimum atomic E-state index is -1.02. The third kappa shape index (κ3) is 5.55. The molecule has 1 rings (SSSR count). The maximum atomic E-state index is 11.7. The van der Waals surface area contributed by atoms with E-state index < -0.39 is 5.97 Å². The molecule has 116 valence electrons. The fourth-order valence-electron chi connectivity index (χ4n) is 1.64. The van der Waals surface area contributed by atoms with Crippen LogP contribution in [0.4, 0.5) is 0 Å². The molecule has 7 heteroatoms. The Labute approximate surface area is 128 Å². The predicted octanol–water partition coefficient (Wildman–Crippen LogP) is 1.73. The number of hydrogen-bond acceptors (Lipinski definition) is 5. The molecule has 0 bridgehead atoms. The Bertz CT molecular complexity index is 506. The average Bonchev–Trinajstić information content (AvgIpc) is 2.46. The van der Waals surface area contributed by atoms with Gasteiger partial charge in [0.25, 0.3) is 0 Å². The van der Waals surface area contributed by atoms with E-state index in [1.165, 1.54) is 23.7 Å². The number of amides is 1. The van der Waals surface area contributed by atoms with Gasteiger partial charge in [-0.05, 0) is 18.2 Å². The molecule has 0 aromatic heterocycles. The Hall–Kier alpha value is -1.89. The van der Waals surface area contributed by atoms with Gasteiger partial charge in [-0.2, -0.15) is 0 Å². The van der Waals surface area contributed by atoms with Gasteiger partial charge in [-0.15, -0.1) is 11.8 Å². The summed E-state index contributed by atoms with van der Waals surface area (Å²) in [6.07, 6.45) is 0.281. The van der Waals surface area contributed by atoms with Crippen LogP contribution in [0.3, 0.4) is 0 Å². The molecule has 1 N–H and O–H groups in total. The van der Waals surface area contributed by atoms with Gasteiger partial charge in [-0.1, -0.05) is 0 Å². The van der Waals surface area contributed by atoms with E-state index in [4.69, 9.17) is 14.6 Å². The minimum Gasteiger partial charge on any atom is -0.493 e. The molecule has 0 unspecified atom stereocenters. The zero-order valence-electron chi connectivity index (χ0n) is 12.3. The van der Waals surface area contributed by atoms with E-state index in [9.17, 15) is 9.59 Å². The SMILES string of the molecule is COc1ccc(SCCC(=O)N(C)CC(=O)O)cc1OC. The van der Waals surface area contributed by atoms with E-state index in [1.54, 1.807) is 20.3 Å². The van der Waals surface area contributed by atoms with Gasteiger partial charge in [-0.25, -0.2) is 0 Å². The summed E-state index contributed by atoms with van der Waals surface area (Å²) in [6.45, 7) is -0.278. The molecule has 0 saturated carbocycles. The van der Waals surface area contributed by atoms with Crippen LogP contribution >= 0.6 is 11.8 Å². The minimum absolute atomic E-state index is 0.189. The van der Waals surface area contributed by atoms with Crippen molar-refractivity contribution in [3.8, 4) is 11.5 Å². The van der Waals surface area contributed by atoms with Gasteiger partial charge >= 0.3 is 5.97 Å². The molecule has 1 amide bonds. The first kappa shape index (κ1) is 17.2. The lowest BCUT2D eigenvalue weighted by atomic mass is 10.3. The van der Waals surface area contributed by atoms with Crippen LogP contribution in [0.1, 0.15) is 6.42 Å². The van der Waals surface area contributed by atoms with Crippen molar-refractivity contribution in [1.82, 2.24) is 4.90 Å². The summed E-state index contributed by atoms with van der Waals surface area (Å²) < 4.78 is 10.4. The topological polar surface area (TPSA) is 76.1 Å². The first-order valence-electron chi connectivity index (χ1n) is 6.28. The maximum Gasteiger partial charge on any atom is 0.323 e. The molecule has 0 saturated heterocycles. The summed E-state index contributed by atoms with van der Waals surface area (Å²) >= 11 is 1.50. The Kier molecular flexibility index (Phi) is 6.87. The van der Waals surface area contributed by atoms with Gasteiger partial charge in [0.1, 0.15) is 6.54 Å². The highest BCUT2D eigenvalue weighted by Gasteiger charge is 2.12. The Morgan fingerprint density at radius 2 is 1.90 bits per heavy atom. The van der Waals surface area contributed by atoms with Crippen LogP contribution in [0.25, 0.3) is 0 Å². The van der Waals surface area contributed by atoms with E-state index in [-0.39, 0.29) is 18.9 Å². The lowest BCUT2D eigenvalue weighted by molar-refractivity contribution is -0.143. The van der Waals surface area contributed by atoms with Gasteiger partial charge in [0.2, 0.25) is 5.91 Å². The highest BCUT2D eigenvalue weighted by atomic mass is 32.2. The van der Waals surface area contributed by atoms with Gasteiger partial charge in [-0.3, -0.25) is 9.59 Å². The first-order chi connectivity index (χ1) is 9.97. The third-order valence-corrected chi connectivity index (χ3v) is 3.73. The molecule has 0 radical (unpaired) electrons. The van der Waals surface area contributed by atoms with Gasteiger partial charge in [0, 0.05) is 24.1 Å². The molecule has 1 aromatic carbocycles. The van der Waals surface area contributed by atoms with Crippen LogP contribution in [0, 0.1) is 0 Å². The predicted molar refractivity (Wildman–Crippen MR) is 80.2 cm³/mol. The highest BCUT2D eigenvalue weighted by Crippen LogP contribution is 2.32. The molecule has 0 atom stereocenters. The number of carbonyl (C=O) groups is 2. The number of aliphatic carboxylic acids is 1. The number of methoxy groups -OCH3 is 2. The zero-order valence-corrected chi connectivity index (χ0v) is 13.1. The third-order valence-electron chi connectivity index (χ3n) is 2.74. The second kappa shape index (κ2) is 8.41. The van der Waals surface area contributed by atoms with Crippen molar-refractivity contribution in [1.29, 1.82) is 0 Å². The largest absolute Gasteiger partial charge is 0.493 e. The monoisotopic (exact) mass is 313 g/mol. The lowest BCUT2D eigenvalue weighted by Gasteiger charge is -2.14. The maximum absolute atomic E-state index is 11.7. The van der Waals surface area contributed by atoms with Crippen LogP contribution in [0.5, 0.6) is 11.5 Å². The van der Waals surface area contributed by atoms with Crippen LogP contribution in [-0.4, -0.2) is 55.4 Å². The molecule has 1 aromatic rings. The Morgan fingerprint density at radius 3 is 2.48 bits per heavy atom. The summed E-state index contributed by atoms with van der Waals surface area (Å²) in [5.74, 6) is 0.651. The summed E-state index contributed by atoms with van der Waals surface area (Å²) in [6, 6.07) is 5.53. The Morgan fingerprint density at radius 1 is 1.24 bits per heavy atom. The zero-order chi connectivity index (χ0) is 15.8. The molecular formula is C14H19NO5S. The van der Waals surface area contributed by atoms with Crippen LogP contribution < -0.4 is 9.47 Å². The summed E-state index contributed by atoms with van der Waals surface area (Å²) in [7, 11) is 4.62. The fraction of sp³-hybridized carbons (Fsp3) is 0.429. The van der Waals surface area contributed by atoms with Gasteiger partial charge < -0.3 is 19.5 Å². The van der Waals surface area contributed by atoms with E-state index in [0.29, 0.717) is 17.3 Å². The summed E-state index contributed by atoms with van der Waals surface area (Å²) in [5, 5.41) is 8.62. The van der Waals surface area contributed by atoms with E-state index in [1.807, 2.05) is 12.1 Å². The number of rotatable bonds is 8. The number of hydrogen-bond donors (Lipinski definition) is 1. The number of ether oxygens (including phenoxy) is 2. The second-order valence-electron chi connectivity index (χ2n) is 4.26. The molecule has 0 aliphatic carbocycles. The van der Waals surface area contributed by atoms with E-state index in [0.717, 1.165) is 4.90 Å². The average molecular weight is 313 g/mol. The molecular weight excluding hydrogens is 294 g/mol. The Balaban J connectivity index is 2.49. The van der Waals surface area contributed by atoms with Crippen molar-refractivity contribution in [3.05, 3.63) is 18.2 Å². The highest BCUT2D eigenvalue weighted by molar-refractivity contribution is 7.99. The van der Waals surface area contributed by atoms with Crippen LogP contribution in [-0.2, 0) is 9.59 Å². The summed E-state index contributed by atoms with van der Waals surface area (Å²) in [5.41, 5.74) is 0. The lowest BCUT2D eigenvalue weighted by Crippen LogP contribution is -2.32. The summed E-state index contributed by atoms with van der Waals surface area (Å²) in [4.78, 5) is 24.4. The first-order valence-corrected chi connectivity index (χ1v) is 7.27. The second-order valence-corrected chi connectivity index (χ2v) is 5.43. The van der Waals surface area contributed by atoms with Crippen molar-refractivity contribution >= 4 is 23.6 Å². The van der Waals surface area contributed by atoms with E-state index >= 15 is 0 Å². The number of thioether (sulfide) groups is 1. The smallest absolute Gasteiger partial charge is 0.323 e. The molecule has 21 heavy (non-hydrogen) atoms. The quantitative estimate of drug-likeness (QED) is 0.737. The van der Waals surface area contributed by atoms with Crippen LogP contribution in [0.2, 0.25) is 0 Å². The number of carboxylic acid groups (broad SMARTS) is 1. The number of nitrogens with zero attached hydrogens (tertiary/aromatic N) is 1. The number of likely N-dealkylation sites (N-methyl/N-ethyl adjacent to an activating group) is 1. The van der Waals surface area contributed by atoms with Gasteiger partial charge in [0.05, 0.1) is 14.2 Å². The molecule has 0 aliphatic heterocycles. The molecule has 0 fully saturated rings. The molecule has 0 heterocycles. The normalized spacial score (nSPS) is 10.0. The fourth-order valence-corrected chi connectivity index (χ4v) is 2.51. The molecule has 6 nitrogen and oxygen atoms in total. The van der Waals surface area contributed by atoms with Crippen molar-refractivity contribution in [3.63, 3.8) is 0 Å². The molecule has 0 spiro atoms. The number of carbonyl (C=O) groups excluding carboxylic acids is 1. The van der Waals surface area contributed by atoms with Crippen LogP contribution in [0.15, 0.2) is 23.1 Å². The number of carboxylic acids is 1.